The molecule has 0 atom stereocenters. The minimum atomic E-state index is -0.208. The molecule has 1 heterocycles. The first-order valence-corrected chi connectivity index (χ1v) is 6.34. The Balaban J connectivity index is 1.96. The van der Waals surface area contributed by atoms with Crippen LogP contribution in [-0.2, 0) is 4.74 Å². The fourth-order valence-corrected chi connectivity index (χ4v) is 1.97. The number of aliphatic hydroxyl groups is 1. The monoisotopic (exact) mass is 282 g/mol. The number of para-hydroxylation sites is 1. The predicted molar refractivity (Wildman–Crippen MR) is 73.5 cm³/mol. The smallest absolute Gasteiger partial charge is 0.267 e. The molecule has 1 aromatic carbocycles. The molecule has 2 aromatic rings. The van der Waals surface area contributed by atoms with Gasteiger partial charge in [-0.1, -0.05) is 23.7 Å². The molecule has 0 saturated heterocycles. The number of ether oxygens (including phenoxy) is 1. The summed E-state index contributed by atoms with van der Waals surface area (Å²) in [5, 5.41) is 12.7. The maximum Gasteiger partial charge on any atom is 0.267 e. The van der Waals surface area contributed by atoms with Gasteiger partial charge in [0.05, 0.1) is 30.4 Å². The lowest BCUT2D eigenvalue weighted by molar-refractivity contribution is 0.0835. The zero-order chi connectivity index (χ0) is 13.7. The van der Waals surface area contributed by atoms with E-state index in [9.17, 15) is 4.79 Å². The fraction of sp³-hybridized carbons (Fsp3) is 0.308. The van der Waals surface area contributed by atoms with E-state index in [2.05, 4.69) is 10.3 Å². The number of hydrogen-bond donors (Lipinski definition) is 3. The third-order valence-electron chi connectivity index (χ3n) is 2.62. The number of rotatable bonds is 6. The average Bonchev–Trinajstić information content (AvgIpc) is 2.84. The zero-order valence-corrected chi connectivity index (χ0v) is 11.0. The van der Waals surface area contributed by atoms with Crippen molar-refractivity contribution in [3.63, 3.8) is 0 Å². The normalized spacial score (nSPS) is 10.8. The lowest BCUT2D eigenvalue weighted by atomic mass is 10.2. The van der Waals surface area contributed by atoms with Gasteiger partial charge in [0.25, 0.3) is 5.91 Å². The van der Waals surface area contributed by atoms with Gasteiger partial charge in [-0.25, -0.2) is 0 Å². The molecule has 0 unspecified atom stereocenters. The van der Waals surface area contributed by atoms with E-state index in [1.54, 1.807) is 12.1 Å². The summed E-state index contributed by atoms with van der Waals surface area (Å²) in [6.07, 6.45) is 0. The number of H-pyrrole nitrogens is 1. The Morgan fingerprint density at radius 2 is 2.26 bits per heavy atom. The third-order valence-corrected chi connectivity index (χ3v) is 2.93. The average molecular weight is 283 g/mol. The Morgan fingerprint density at radius 1 is 1.42 bits per heavy atom. The first-order chi connectivity index (χ1) is 9.22. The van der Waals surface area contributed by atoms with Gasteiger partial charge in [0, 0.05) is 11.9 Å². The standard InChI is InChI=1S/C13H15ClN2O3/c14-10-3-1-2-9-8-11(16-12(9)10)13(18)15-4-6-19-7-5-17/h1-3,8,16-17H,4-7H2,(H,15,18). The lowest BCUT2D eigenvalue weighted by Crippen LogP contribution is -2.27. The number of nitrogens with one attached hydrogen (secondary N) is 2. The number of halogens is 1. The van der Waals surface area contributed by atoms with E-state index in [0.29, 0.717) is 23.9 Å². The number of amides is 1. The Hall–Kier alpha value is -1.56. The molecule has 0 aliphatic carbocycles. The summed E-state index contributed by atoms with van der Waals surface area (Å²) in [5.41, 5.74) is 1.22. The molecule has 0 saturated carbocycles. The molecule has 0 aliphatic rings. The Labute approximate surface area is 115 Å². The second-order valence-corrected chi connectivity index (χ2v) is 4.39. The quantitative estimate of drug-likeness (QED) is 0.704. The first-order valence-electron chi connectivity index (χ1n) is 5.96. The molecule has 6 heteroatoms. The maximum atomic E-state index is 11.9. The molecule has 3 N–H and O–H groups in total. The van der Waals surface area contributed by atoms with Crippen molar-refractivity contribution in [1.29, 1.82) is 0 Å². The Bertz CT molecular complexity index is 568. The van der Waals surface area contributed by atoms with Crippen LogP contribution >= 0.6 is 11.6 Å². The summed E-state index contributed by atoms with van der Waals surface area (Å²) in [5.74, 6) is -0.208. The SMILES string of the molecule is O=C(NCCOCCO)c1cc2cccc(Cl)c2[nH]1. The molecule has 0 spiro atoms. The molecule has 5 nitrogen and oxygen atoms in total. The highest BCUT2D eigenvalue weighted by Gasteiger charge is 2.10. The molecule has 102 valence electrons. The summed E-state index contributed by atoms with van der Waals surface area (Å²) in [6.45, 7) is 1.02. The zero-order valence-electron chi connectivity index (χ0n) is 10.3. The molecule has 0 fully saturated rings. The van der Waals surface area contributed by atoms with E-state index in [4.69, 9.17) is 21.4 Å². The van der Waals surface area contributed by atoms with Crippen LogP contribution in [0.3, 0.4) is 0 Å². The summed E-state index contributed by atoms with van der Waals surface area (Å²) in [6, 6.07) is 7.25. The third kappa shape index (κ3) is 3.47. The molecular formula is C13H15ClN2O3. The second-order valence-electron chi connectivity index (χ2n) is 3.98. The van der Waals surface area contributed by atoms with E-state index in [1.807, 2.05) is 12.1 Å². The maximum absolute atomic E-state index is 11.9. The molecule has 0 aliphatic heterocycles. The van der Waals surface area contributed by atoms with Crippen molar-refractivity contribution in [2.24, 2.45) is 0 Å². The van der Waals surface area contributed by atoms with Gasteiger partial charge in [0.2, 0.25) is 0 Å². The highest BCUT2D eigenvalue weighted by Crippen LogP contribution is 2.23. The number of aliphatic hydroxyl groups excluding tert-OH is 1. The largest absolute Gasteiger partial charge is 0.394 e. The molecule has 1 aromatic heterocycles. The van der Waals surface area contributed by atoms with E-state index >= 15 is 0 Å². The topological polar surface area (TPSA) is 74.3 Å². The van der Waals surface area contributed by atoms with Crippen molar-refractivity contribution >= 4 is 28.4 Å². The van der Waals surface area contributed by atoms with Crippen LogP contribution in [0.2, 0.25) is 5.02 Å². The highest BCUT2D eigenvalue weighted by atomic mass is 35.5. The molecule has 0 radical (unpaired) electrons. The van der Waals surface area contributed by atoms with Crippen LogP contribution in [0.15, 0.2) is 24.3 Å². The Morgan fingerprint density at radius 3 is 3.00 bits per heavy atom. The van der Waals surface area contributed by atoms with Gasteiger partial charge in [0.15, 0.2) is 0 Å². The summed E-state index contributed by atoms with van der Waals surface area (Å²) in [7, 11) is 0. The van der Waals surface area contributed by atoms with Crippen LogP contribution in [0.25, 0.3) is 10.9 Å². The van der Waals surface area contributed by atoms with Crippen molar-refractivity contribution < 1.29 is 14.6 Å². The fourth-order valence-electron chi connectivity index (χ4n) is 1.74. The lowest BCUT2D eigenvalue weighted by Gasteiger charge is -2.04. The van der Waals surface area contributed by atoms with Crippen LogP contribution in [0, 0.1) is 0 Å². The Kier molecular flexibility index (Phi) is 4.79. The number of carbonyl (C=O) groups excluding carboxylic acids is 1. The number of carbonyl (C=O) groups is 1. The molecule has 0 bridgehead atoms. The van der Waals surface area contributed by atoms with Crippen LogP contribution < -0.4 is 5.32 Å². The van der Waals surface area contributed by atoms with Crippen LogP contribution in [-0.4, -0.2) is 42.4 Å². The number of benzene rings is 1. The minimum absolute atomic E-state index is 0.0194. The molecular weight excluding hydrogens is 268 g/mol. The summed E-state index contributed by atoms with van der Waals surface area (Å²) >= 11 is 6.03. The van der Waals surface area contributed by atoms with Crippen LogP contribution in [0.1, 0.15) is 10.5 Å². The van der Waals surface area contributed by atoms with E-state index in [-0.39, 0.29) is 19.1 Å². The molecule has 1 amide bonds. The van der Waals surface area contributed by atoms with Gasteiger partial charge in [0.1, 0.15) is 5.69 Å². The van der Waals surface area contributed by atoms with E-state index < -0.39 is 0 Å². The molecule has 19 heavy (non-hydrogen) atoms. The second kappa shape index (κ2) is 6.56. The minimum Gasteiger partial charge on any atom is -0.394 e. The van der Waals surface area contributed by atoms with Crippen molar-refractivity contribution in [1.82, 2.24) is 10.3 Å². The van der Waals surface area contributed by atoms with Crippen LogP contribution in [0.4, 0.5) is 0 Å². The van der Waals surface area contributed by atoms with Crippen LogP contribution in [0.5, 0.6) is 0 Å². The van der Waals surface area contributed by atoms with E-state index in [0.717, 1.165) is 10.9 Å². The molecule has 2 rings (SSSR count). The van der Waals surface area contributed by atoms with Crippen molar-refractivity contribution in [2.75, 3.05) is 26.4 Å². The number of aromatic nitrogens is 1. The number of fused-ring (bicyclic) bond motifs is 1. The van der Waals surface area contributed by atoms with E-state index in [1.165, 1.54) is 0 Å². The van der Waals surface area contributed by atoms with Gasteiger partial charge in [-0.05, 0) is 12.1 Å². The summed E-state index contributed by atoms with van der Waals surface area (Å²) < 4.78 is 5.05. The van der Waals surface area contributed by atoms with Gasteiger partial charge in [-0.15, -0.1) is 0 Å². The van der Waals surface area contributed by atoms with Gasteiger partial charge < -0.3 is 20.1 Å². The van der Waals surface area contributed by atoms with Gasteiger partial charge in [-0.2, -0.15) is 0 Å². The summed E-state index contributed by atoms with van der Waals surface area (Å²) in [4.78, 5) is 14.9. The van der Waals surface area contributed by atoms with Gasteiger partial charge in [-0.3, -0.25) is 4.79 Å². The van der Waals surface area contributed by atoms with Crippen molar-refractivity contribution in [3.05, 3.63) is 35.0 Å². The number of aromatic amines is 1. The van der Waals surface area contributed by atoms with Crippen molar-refractivity contribution in [3.8, 4) is 0 Å². The highest BCUT2D eigenvalue weighted by molar-refractivity contribution is 6.35. The predicted octanol–water partition coefficient (Wildman–Crippen LogP) is 1.56. The van der Waals surface area contributed by atoms with Crippen molar-refractivity contribution in [2.45, 2.75) is 0 Å². The van der Waals surface area contributed by atoms with Gasteiger partial charge >= 0.3 is 0 Å². The first kappa shape index (κ1) is 13.9. The number of hydrogen-bond acceptors (Lipinski definition) is 3.